The molecule has 2 heteroatoms. The Morgan fingerprint density at radius 3 is 2.50 bits per heavy atom. The number of aryl methyl sites for hydroxylation is 1. The normalized spacial score (nSPS) is 9.94. The van der Waals surface area contributed by atoms with E-state index in [1.54, 1.807) is 6.92 Å². The van der Waals surface area contributed by atoms with Gasteiger partial charge in [-0.05, 0) is 37.0 Å². The van der Waals surface area contributed by atoms with Gasteiger partial charge in [0.1, 0.15) is 5.75 Å². The first kappa shape index (κ1) is 12.5. The molecule has 0 atom stereocenters. The molecular formula is C14H18O2. The maximum absolute atomic E-state index is 11.5. The molecule has 1 aromatic carbocycles. The van der Waals surface area contributed by atoms with E-state index in [0.717, 1.165) is 18.4 Å². The summed E-state index contributed by atoms with van der Waals surface area (Å²) in [5.41, 5.74) is 2.76. The van der Waals surface area contributed by atoms with Gasteiger partial charge in [-0.2, -0.15) is 0 Å². The topological polar surface area (TPSA) is 26.3 Å². The minimum atomic E-state index is -0.358. The molecule has 0 radical (unpaired) electrons. The van der Waals surface area contributed by atoms with Crippen LogP contribution >= 0.6 is 0 Å². The van der Waals surface area contributed by atoms with Gasteiger partial charge in [-0.25, -0.2) is 4.79 Å². The highest BCUT2D eigenvalue weighted by molar-refractivity contribution is 5.89. The van der Waals surface area contributed by atoms with E-state index in [1.165, 1.54) is 5.56 Å². The molecule has 0 saturated carbocycles. The van der Waals surface area contributed by atoms with Crippen LogP contribution in [0.4, 0.5) is 0 Å². The lowest BCUT2D eigenvalue weighted by molar-refractivity contribution is -0.130. The quantitative estimate of drug-likeness (QED) is 0.440. The summed E-state index contributed by atoms with van der Waals surface area (Å²) in [7, 11) is 0. The van der Waals surface area contributed by atoms with Crippen molar-refractivity contribution in [2.75, 3.05) is 0 Å². The first-order valence-electron chi connectivity index (χ1n) is 5.58. The van der Waals surface area contributed by atoms with Gasteiger partial charge in [0.25, 0.3) is 0 Å². The molecule has 0 saturated heterocycles. The average molecular weight is 218 g/mol. The van der Waals surface area contributed by atoms with Crippen molar-refractivity contribution in [1.82, 2.24) is 0 Å². The van der Waals surface area contributed by atoms with E-state index in [0.29, 0.717) is 11.3 Å². The fraction of sp³-hybridized carbons (Fsp3) is 0.357. The number of carbonyl (C=O) groups is 1. The van der Waals surface area contributed by atoms with Gasteiger partial charge < -0.3 is 4.74 Å². The van der Waals surface area contributed by atoms with Crippen molar-refractivity contribution in [3.63, 3.8) is 0 Å². The summed E-state index contributed by atoms with van der Waals surface area (Å²) in [6.07, 6.45) is 1.81. The predicted molar refractivity (Wildman–Crippen MR) is 65.6 cm³/mol. The van der Waals surface area contributed by atoms with E-state index >= 15 is 0 Å². The first-order valence-corrected chi connectivity index (χ1v) is 5.58. The maximum Gasteiger partial charge on any atom is 0.338 e. The van der Waals surface area contributed by atoms with Gasteiger partial charge in [-0.3, -0.25) is 0 Å². The first-order chi connectivity index (χ1) is 7.60. The highest BCUT2D eigenvalue weighted by Gasteiger charge is 2.11. The van der Waals surface area contributed by atoms with E-state index < -0.39 is 0 Å². The Morgan fingerprint density at radius 2 is 2.00 bits per heavy atom. The number of esters is 1. The Morgan fingerprint density at radius 1 is 1.31 bits per heavy atom. The van der Waals surface area contributed by atoms with Crippen LogP contribution in [0.25, 0.3) is 0 Å². The van der Waals surface area contributed by atoms with Gasteiger partial charge in [0.15, 0.2) is 0 Å². The zero-order chi connectivity index (χ0) is 12.1. The average Bonchev–Trinajstić information content (AvgIpc) is 2.28. The van der Waals surface area contributed by atoms with Crippen LogP contribution in [0.2, 0.25) is 0 Å². The van der Waals surface area contributed by atoms with Gasteiger partial charge in [-0.1, -0.05) is 32.6 Å². The van der Waals surface area contributed by atoms with Crippen LogP contribution in [0.15, 0.2) is 30.4 Å². The van der Waals surface area contributed by atoms with Crippen molar-refractivity contribution >= 4 is 5.97 Å². The van der Waals surface area contributed by atoms with Gasteiger partial charge in [-0.15, -0.1) is 0 Å². The summed E-state index contributed by atoms with van der Waals surface area (Å²) in [4.78, 5) is 11.5. The van der Waals surface area contributed by atoms with Crippen molar-refractivity contribution in [1.29, 1.82) is 0 Å². The number of hydrogen-bond donors (Lipinski definition) is 0. The van der Waals surface area contributed by atoms with Crippen LogP contribution < -0.4 is 4.74 Å². The summed E-state index contributed by atoms with van der Waals surface area (Å²) < 4.78 is 5.30. The van der Waals surface area contributed by atoms with Crippen LogP contribution in [-0.2, 0) is 17.6 Å². The summed E-state index contributed by atoms with van der Waals surface area (Å²) >= 11 is 0. The fourth-order valence-corrected chi connectivity index (χ4v) is 1.63. The van der Waals surface area contributed by atoms with Gasteiger partial charge >= 0.3 is 5.97 Å². The Hall–Kier alpha value is -1.57. The summed E-state index contributed by atoms with van der Waals surface area (Å²) in [6.45, 7) is 9.38. The zero-order valence-corrected chi connectivity index (χ0v) is 10.2. The van der Waals surface area contributed by atoms with E-state index in [1.807, 2.05) is 12.1 Å². The largest absolute Gasteiger partial charge is 0.423 e. The number of rotatable bonds is 4. The Labute approximate surface area is 96.9 Å². The molecule has 0 spiro atoms. The number of carbonyl (C=O) groups excluding carboxylic acids is 1. The van der Waals surface area contributed by atoms with E-state index in [9.17, 15) is 4.79 Å². The van der Waals surface area contributed by atoms with Crippen LogP contribution in [0.5, 0.6) is 5.75 Å². The molecule has 0 heterocycles. The molecule has 0 aliphatic carbocycles. The molecule has 1 rings (SSSR count). The lowest BCUT2D eigenvalue weighted by Gasteiger charge is -2.12. The van der Waals surface area contributed by atoms with Crippen molar-refractivity contribution < 1.29 is 9.53 Å². The summed E-state index contributed by atoms with van der Waals surface area (Å²) in [6, 6.07) is 5.81. The van der Waals surface area contributed by atoms with E-state index in [-0.39, 0.29) is 5.97 Å². The molecule has 0 fully saturated rings. The Balaban J connectivity index is 3.04. The third-order valence-corrected chi connectivity index (χ3v) is 2.52. The minimum Gasteiger partial charge on any atom is -0.423 e. The van der Waals surface area contributed by atoms with Crippen molar-refractivity contribution in [2.45, 2.75) is 33.6 Å². The van der Waals surface area contributed by atoms with Crippen LogP contribution in [-0.4, -0.2) is 5.97 Å². The highest BCUT2D eigenvalue weighted by Crippen LogP contribution is 2.24. The van der Waals surface area contributed by atoms with Crippen LogP contribution in [0, 0.1) is 0 Å². The maximum atomic E-state index is 11.5. The third kappa shape index (κ3) is 2.72. The number of benzene rings is 1. The Kier molecular flexibility index (Phi) is 4.29. The molecule has 0 bridgehead atoms. The molecule has 0 unspecified atom stereocenters. The van der Waals surface area contributed by atoms with Gasteiger partial charge in [0.2, 0.25) is 0 Å². The Bertz CT molecular complexity index is 405. The second-order valence-corrected chi connectivity index (χ2v) is 3.77. The fourth-order valence-electron chi connectivity index (χ4n) is 1.63. The number of hydrogen-bond acceptors (Lipinski definition) is 2. The molecule has 0 amide bonds. The molecule has 0 aliphatic rings. The van der Waals surface area contributed by atoms with Crippen LogP contribution in [0.1, 0.15) is 31.9 Å². The predicted octanol–water partition coefficient (Wildman–Crippen LogP) is 3.29. The zero-order valence-electron chi connectivity index (χ0n) is 10.2. The standard InChI is InChI=1S/C14H18O2/c1-5-11-8-7-9-13(12(11)6-2)16-14(15)10(3)4/h7-9H,3,5-6H2,1-2,4H3. The molecule has 0 N–H and O–H groups in total. The molecule has 2 nitrogen and oxygen atoms in total. The molecule has 16 heavy (non-hydrogen) atoms. The van der Waals surface area contributed by atoms with E-state index in [4.69, 9.17) is 4.74 Å². The highest BCUT2D eigenvalue weighted by atomic mass is 16.5. The summed E-state index contributed by atoms with van der Waals surface area (Å²) in [5.74, 6) is 0.304. The molecule has 1 aromatic rings. The number of ether oxygens (including phenoxy) is 1. The lowest BCUT2D eigenvalue weighted by Crippen LogP contribution is -2.10. The van der Waals surface area contributed by atoms with Crippen molar-refractivity contribution in [2.24, 2.45) is 0 Å². The minimum absolute atomic E-state index is 0.358. The summed E-state index contributed by atoms with van der Waals surface area (Å²) in [5, 5.41) is 0. The molecule has 86 valence electrons. The molecular weight excluding hydrogens is 200 g/mol. The second-order valence-electron chi connectivity index (χ2n) is 3.77. The van der Waals surface area contributed by atoms with Crippen molar-refractivity contribution in [3.8, 4) is 5.75 Å². The van der Waals surface area contributed by atoms with Crippen molar-refractivity contribution in [3.05, 3.63) is 41.5 Å². The smallest absolute Gasteiger partial charge is 0.338 e. The van der Waals surface area contributed by atoms with Crippen LogP contribution in [0.3, 0.4) is 0 Å². The van der Waals surface area contributed by atoms with Gasteiger partial charge in [0.05, 0.1) is 0 Å². The second kappa shape index (κ2) is 5.50. The van der Waals surface area contributed by atoms with Gasteiger partial charge in [0, 0.05) is 5.57 Å². The lowest BCUT2D eigenvalue weighted by atomic mass is 10.0. The SMILES string of the molecule is C=C(C)C(=O)Oc1cccc(CC)c1CC. The molecule has 0 aromatic heterocycles. The monoisotopic (exact) mass is 218 g/mol. The third-order valence-electron chi connectivity index (χ3n) is 2.52. The molecule has 0 aliphatic heterocycles. The van der Waals surface area contributed by atoms with E-state index in [2.05, 4.69) is 26.5 Å².